The van der Waals surface area contributed by atoms with Gasteiger partial charge in [-0.1, -0.05) is 13.3 Å². The first-order valence-corrected chi connectivity index (χ1v) is 12.0. The normalized spacial score (nSPS) is 22.1. The Morgan fingerprint density at radius 2 is 1.79 bits per heavy atom. The maximum atomic E-state index is 13.3. The summed E-state index contributed by atoms with van der Waals surface area (Å²) in [5.41, 5.74) is 2.84. The second-order valence-corrected chi connectivity index (χ2v) is 10.2. The first kappa shape index (κ1) is 20.3. The third-order valence-electron chi connectivity index (χ3n) is 6.29. The summed E-state index contributed by atoms with van der Waals surface area (Å²) in [5.74, 6) is 0.243. The van der Waals surface area contributed by atoms with Crippen molar-refractivity contribution in [2.45, 2.75) is 63.3 Å². The molecule has 0 spiro atoms. The van der Waals surface area contributed by atoms with Crippen molar-refractivity contribution >= 4 is 27.5 Å². The molecule has 0 aliphatic carbocycles. The van der Waals surface area contributed by atoms with Gasteiger partial charge < -0.3 is 9.80 Å². The Kier molecular flexibility index (Phi) is 5.42. The number of carbonyl (C=O) groups excluding carboxylic acids is 2. The number of carbonyl (C=O) groups is 2. The topological polar surface area (TPSA) is 78.0 Å². The molecule has 0 radical (unpaired) electrons. The van der Waals surface area contributed by atoms with Crippen molar-refractivity contribution in [1.82, 2.24) is 9.21 Å². The average molecular weight is 420 g/mol. The van der Waals surface area contributed by atoms with Gasteiger partial charge in [0.2, 0.25) is 21.8 Å². The summed E-state index contributed by atoms with van der Waals surface area (Å²) in [6.07, 6.45) is 4.09. The molecular formula is C21H29N3O4S. The molecule has 1 atom stereocenters. The highest BCUT2D eigenvalue weighted by Crippen LogP contribution is 2.41. The molecule has 1 aromatic rings. The number of amides is 2. The van der Waals surface area contributed by atoms with Gasteiger partial charge in [-0.3, -0.25) is 9.59 Å². The highest BCUT2D eigenvalue weighted by molar-refractivity contribution is 7.89. The van der Waals surface area contributed by atoms with Crippen molar-refractivity contribution < 1.29 is 18.0 Å². The third-order valence-corrected chi connectivity index (χ3v) is 8.16. The van der Waals surface area contributed by atoms with Gasteiger partial charge in [0.25, 0.3) is 0 Å². The fourth-order valence-electron chi connectivity index (χ4n) is 4.71. The van der Waals surface area contributed by atoms with Crippen LogP contribution >= 0.6 is 0 Å². The maximum absolute atomic E-state index is 13.3. The van der Waals surface area contributed by atoms with E-state index in [9.17, 15) is 18.0 Å². The molecule has 2 amide bonds. The SMILES string of the molecule is CCCCC(=O)N1CCN(S(=O)(=O)c2cc3c4c(c2)C[C@H](C)N4C(=O)CC3)CC1. The lowest BCUT2D eigenvalue weighted by Gasteiger charge is -2.34. The standard InChI is InChI=1S/C21H29N3O4S/c1-3-4-5-19(25)22-8-10-23(11-9-22)29(27,28)18-13-16-6-7-20(26)24-15(2)12-17(14-18)21(16)24/h13-15H,3-12H2,1-2H3/t15-/m0/s1. The van der Waals surface area contributed by atoms with Crippen LogP contribution < -0.4 is 4.90 Å². The summed E-state index contributed by atoms with van der Waals surface area (Å²) in [7, 11) is -3.61. The van der Waals surface area contributed by atoms with Crippen LogP contribution in [-0.4, -0.2) is 61.7 Å². The highest BCUT2D eigenvalue weighted by Gasteiger charge is 2.38. The molecule has 3 aliphatic rings. The second kappa shape index (κ2) is 7.72. The van der Waals surface area contributed by atoms with Gasteiger partial charge in [-0.15, -0.1) is 0 Å². The Bertz CT molecular complexity index is 935. The smallest absolute Gasteiger partial charge is 0.243 e. The molecule has 1 saturated heterocycles. The fourth-order valence-corrected chi connectivity index (χ4v) is 6.23. The largest absolute Gasteiger partial charge is 0.340 e. The van der Waals surface area contributed by atoms with Gasteiger partial charge in [0.15, 0.2) is 0 Å². The predicted octanol–water partition coefficient (Wildman–Crippen LogP) is 1.93. The van der Waals surface area contributed by atoms with Crippen LogP contribution in [0.1, 0.15) is 50.7 Å². The van der Waals surface area contributed by atoms with Gasteiger partial charge in [-0.25, -0.2) is 8.42 Å². The van der Waals surface area contributed by atoms with Gasteiger partial charge in [-0.05, 0) is 49.4 Å². The van der Waals surface area contributed by atoms with Crippen LogP contribution in [0.5, 0.6) is 0 Å². The Balaban J connectivity index is 1.53. The molecule has 3 aliphatic heterocycles. The van der Waals surface area contributed by atoms with Crippen molar-refractivity contribution in [1.29, 1.82) is 0 Å². The van der Waals surface area contributed by atoms with Crippen molar-refractivity contribution in [2.75, 3.05) is 31.1 Å². The molecule has 29 heavy (non-hydrogen) atoms. The lowest BCUT2D eigenvalue weighted by Crippen LogP contribution is -2.50. The van der Waals surface area contributed by atoms with E-state index < -0.39 is 10.0 Å². The number of benzene rings is 1. The second-order valence-electron chi connectivity index (χ2n) is 8.30. The molecule has 0 aromatic heterocycles. The van der Waals surface area contributed by atoms with Gasteiger partial charge in [0.05, 0.1) is 10.6 Å². The van der Waals surface area contributed by atoms with Crippen LogP contribution in [0.15, 0.2) is 17.0 Å². The van der Waals surface area contributed by atoms with Crippen molar-refractivity contribution in [3.8, 4) is 0 Å². The zero-order chi connectivity index (χ0) is 20.8. The van der Waals surface area contributed by atoms with E-state index in [4.69, 9.17) is 0 Å². The van der Waals surface area contributed by atoms with E-state index in [1.165, 1.54) is 4.31 Å². The molecule has 0 bridgehead atoms. The van der Waals surface area contributed by atoms with E-state index in [0.29, 0.717) is 56.8 Å². The summed E-state index contributed by atoms with van der Waals surface area (Å²) >= 11 is 0. The van der Waals surface area contributed by atoms with Crippen LogP contribution in [0.2, 0.25) is 0 Å². The maximum Gasteiger partial charge on any atom is 0.243 e. The van der Waals surface area contributed by atoms with Crippen molar-refractivity contribution in [3.05, 3.63) is 23.3 Å². The minimum absolute atomic E-state index is 0.0761. The predicted molar refractivity (Wildman–Crippen MR) is 110 cm³/mol. The molecule has 0 unspecified atom stereocenters. The van der Waals surface area contributed by atoms with Gasteiger partial charge >= 0.3 is 0 Å². The third kappa shape index (κ3) is 3.57. The lowest BCUT2D eigenvalue weighted by molar-refractivity contribution is -0.132. The molecule has 1 fully saturated rings. The summed E-state index contributed by atoms with van der Waals surface area (Å²) in [5, 5.41) is 0. The van der Waals surface area contributed by atoms with E-state index in [0.717, 1.165) is 29.7 Å². The zero-order valence-electron chi connectivity index (χ0n) is 17.2. The summed E-state index contributed by atoms with van der Waals surface area (Å²) in [6.45, 7) is 5.60. The molecule has 8 heteroatoms. The molecule has 0 saturated carbocycles. The number of hydrogen-bond acceptors (Lipinski definition) is 4. The summed E-state index contributed by atoms with van der Waals surface area (Å²) < 4.78 is 28.1. The number of hydrogen-bond donors (Lipinski definition) is 0. The van der Waals surface area contributed by atoms with Crippen LogP contribution in [0.25, 0.3) is 0 Å². The summed E-state index contributed by atoms with van der Waals surface area (Å²) in [4.78, 5) is 28.4. The van der Waals surface area contributed by atoms with E-state index >= 15 is 0 Å². The number of anilines is 1. The first-order valence-electron chi connectivity index (χ1n) is 10.6. The number of aryl methyl sites for hydroxylation is 1. The van der Waals surface area contributed by atoms with Crippen LogP contribution in [0, 0.1) is 0 Å². The molecule has 4 rings (SSSR count). The van der Waals surface area contributed by atoms with Crippen LogP contribution in [0.4, 0.5) is 5.69 Å². The molecule has 158 valence electrons. The molecule has 1 aromatic carbocycles. The molecule has 7 nitrogen and oxygen atoms in total. The molecule has 3 heterocycles. The fraction of sp³-hybridized carbons (Fsp3) is 0.619. The van der Waals surface area contributed by atoms with E-state index in [2.05, 4.69) is 6.92 Å². The first-order chi connectivity index (χ1) is 13.8. The summed E-state index contributed by atoms with van der Waals surface area (Å²) in [6, 6.07) is 3.58. The van der Waals surface area contributed by atoms with E-state index in [1.54, 1.807) is 17.0 Å². The van der Waals surface area contributed by atoms with Gasteiger partial charge in [0.1, 0.15) is 0 Å². The number of rotatable bonds is 5. The minimum atomic E-state index is -3.61. The van der Waals surface area contributed by atoms with Gasteiger partial charge in [-0.2, -0.15) is 4.31 Å². The van der Waals surface area contributed by atoms with E-state index in [-0.39, 0.29) is 17.9 Å². The highest BCUT2D eigenvalue weighted by atomic mass is 32.2. The van der Waals surface area contributed by atoms with Crippen LogP contribution in [0.3, 0.4) is 0 Å². The van der Waals surface area contributed by atoms with E-state index in [1.807, 2.05) is 11.8 Å². The Hall–Kier alpha value is -1.93. The number of unbranched alkanes of at least 4 members (excludes halogenated alkanes) is 1. The van der Waals surface area contributed by atoms with Gasteiger partial charge in [0, 0.05) is 45.1 Å². The molecule has 0 N–H and O–H groups in total. The lowest BCUT2D eigenvalue weighted by atomic mass is 10.00. The number of sulfonamides is 1. The monoisotopic (exact) mass is 419 g/mol. The van der Waals surface area contributed by atoms with Crippen molar-refractivity contribution in [2.24, 2.45) is 0 Å². The molecular weight excluding hydrogens is 390 g/mol. The minimum Gasteiger partial charge on any atom is -0.340 e. The van der Waals surface area contributed by atoms with Crippen LogP contribution in [-0.2, 0) is 32.5 Å². The Labute approximate surface area is 172 Å². The Morgan fingerprint density at radius 1 is 1.10 bits per heavy atom. The van der Waals surface area contributed by atoms with Crippen molar-refractivity contribution in [3.63, 3.8) is 0 Å². The Morgan fingerprint density at radius 3 is 2.48 bits per heavy atom. The average Bonchev–Trinajstić information content (AvgIpc) is 3.06. The number of piperazine rings is 1. The quantitative estimate of drug-likeness (QED) is 0.731. The number of nitrogens with zero attached hydrogens (tertiary/aromatic N) is 3. The zero-order valence-corrected chi connectivity index (χ0v) is 18.0.